The Bertz CT molecular complexity index is 2730. The van der Waals surface area contributed by atoms with Crippen molar-refractivity contribution in [2.45, 2.75) is 0 Å². The Morgan fingerprint density at radius 2 is 0.694 bits per heavy atom. The van der Waals surface area contributed by atoms with Crippen LogP contribution in [0.15, 0.2) is 176 Å². The van der Waals surface area contributed by atoms with Gasteiger partial charge in [0.05, 0.1) is 27.8 Å². The summed E-state index contributed by atoms with van der Waals surface area (Å²) in [5.74, 6) is 0. The summed E-state index contributed by atoms with van der Waals surface area (Å²) in [6.07, 6.45) is 0. The predicted molar refractivity (Wildman–Crippen MR) is 201 cm³/mol. The highest BCUT2D eigenvalue weighted by Crippen LogP contribution is 2.42. The average molecular weight is 628 g/mol. The zero-order chi connectivity index (χ0) is 32.3. The van der Waals surface area contributed by atoms with Crippen LogP contribution < -0.4 is 0 Å². The molecule has 0 saturated carbocycles. The van der Waals surface area contributed by atoms with E-state index in [1.807, 2.05) is 36.4 Å². The van der Waals surface area contributed by atoms with Crippen LogP contribution in [0.4, 0.5) is 0 Å². The number of hydrogen-bond acceptors (Lipinski definition) is 2. The third-order valence-electron chi connectivity index (χ3n) is 9.53. The molecule has 0 saturated heterocycles. The summed E-state index contributed by atoms with van der Waals surface area (Å²) in [5.41, 5.74) is 11.7. The normalized spacial score (nSPS) is 11.7. The van der Waals surface area contributed by atoms with E-state index in [4.69, 9.17) is 10.2 Å². The Balaban J connectivity index is 1.16. The third-order valence-corrected chi connectivity index (χ3v) is 9.53. The maximum atomic E-state index is 5.01. The molecule has 5 heteroatoms. The first-order chi connectivity index (χ1) is 24.3. The molecule has 3 aromatic heterocycles. The molecule has 0 N–H and O–H groups in total. The van der Waals surface area contributed by atoms with Crippen LogP contribution in [0.2, 0.25) is 0 Å². The quantitative estimate of drug-likeness (QED) is 0.190. The summed E-state index contributed by atoms with van der Waals surface area (Å²) >= 11 is 0. The van der Waals surface area contributed by atoms with Crippen molar-refractivity contribution < 1.29 is 0 Å². The van der Waals surface area contributed by atoms with Crippen molar-refractivity contribution in [3.63, 3.8) is 0 Å². The molecular formula is C44H29N5. The maximum Gasteiger partial charge on any atom is 0.121 e. The summed E-state index contributed by atoms with van der Waals surface area (Å²) in [4.78, 5) is 1.75. The van der Waals surface area contributed by atoms with E-state index >= 15 is 0 Å². The fourth-order valence-corrected chi connectivity index (χ4v) is 7.39. The standard InChI is InChI=1S/C44H29N5/c1-4-14-30(15-5-1)43-44(31-16-6-2-7-17-31)46-49(45-43)34-26-24-33(25-27-34)48-38-23-13-11-21-36(38)42-40(48)29-28-39-41(42)35-20-10-12-22-37(35)47(39)32-18-8-3-9-19-32/h1-29H. The molecule has 0 radical (unpaired) electrons. The molecule has 0 atom stereocenters. The second-order valence-corrected chi connectivity index (χ2v) is 12.3. The highest BCUT2D eigenvalue weighted by Gasteiger charge is 2.21. The lowest BCUT2D eigenvalue weighted by Crippen LogP contribution is -2.00. The van der Waals surface area contributed by atoms with Crippen molar-refractivity contribution in [3.8, 4) is 39.6 Å². The number of fused-ring (bicyclic) bond motifs is 7. The van der Waals surface area contributed by atoms with Gasteiger partial charge in [-0.3, -0.25) is 0 Å². The number of aromatic nitrogens is 5. The first-order valence-corrected chi connectivity index (χ1v) is 16.5. The predicted octanol–water partition coefficient (Wildman–Crippen LogP) is 10.8. The number of hydrogen-bond donors (Lipinski definition) is 0. The Hall–Kier alpha value is -6.72. The van der Waals surface area contributed by atoms with Gasteiger partial charge in [0, 0.05) is 44.0 Å². The van der Waals surface area contributed by atoms with Gasteiger partial charge in [0.25, 0.3) is 0 Å². The van der Waals surface area contributed by atoms with E-state index in [1.54, 1.807) is 4.80 Å². The molecular weight excluding hydrogens is 599 g/mol. The van der Waals surface area contributed by atoms with Gasteiger partial charge in [-0.2, -0.15) is 4.80 Å². The monoisotopic (exact) mass is 627 g/mol. The van der Waals surface area contributed by atoms with Crippen LogP contribution in [-0.4, -0.2) is 24.1 Å². The van der Waals surface area contributed by atoms with E-state index in [2.05, 4.69) is 149 Å². The van der Waals surface area contributed by atoms with Crippen molar-refractivity contribution in [2.24, 2.45) is 0 Å². The van der Waals surface area contributed by atoms with Gasteiger partial charge in [0.15, 0.2) is 0 Å². The Morgan fingerprint density at radius 1 is 0.306 bits per heavy atom. The van der Waals surface area contributed by atoms with Gasteiger partial charge in [-0.05, 0) is 60.7 Å². The van der Waals surface area contributed by atoms with Crippen LogP contribution in [0.25, 0.3) is 83.2 Å². The molecule has 0 aliphatic rings. The Kier molecular flexibility index (Phi) is 6.11. The topological polar surface area (TPSA) is 40.6 Å². The minimum atomic E-state index is 0.858. The first kappa shape index (κ1) is 27.4. The van der Waals surface area contributed by atoms with E-state index in [0.29, 0.717) is 0 Å². The molecule has 5 nitrogen and oxygen atoms in total. The molecule has 0 amide bonds. The highest BCUT2D eigenvalue weighted by atomic mass is 15.5. The van der Waals surface area contributed by atoms with E-state index in [1.165, 1.54) is 43.6 Å². The fraction of sp³-hybridized carbons (Fsp3) is 0. The maximum absolute atomic E-state index is 5.01. The first-order valence-electron chi connectivity index (χ1n) is 16.5. The van der Waals surface area contributed by atoms with Gasteiger partial charge in [0.2, 0.25) is 0 Å². The molecule has 3 heterocycles. The Morgan fingerprint density at radius 3 is 1.18 bits per heavy atom. The molecule has 0 fully saturated rings. The second kappa shape index (κ2) is 10.9. The number of benzene rings is 7. The average Bonchev–Trinajstić information content (AvgIpc) is 3.87. The molecule has 0 bridgehead atoms. The minimum absolute atomic E-state index is 0.858. The number of para-hydroxylation sites is 3. The molecule has 10 rings (SSSR count). The van der Waals surface area contributed by atoms with Gasteiger partial charge in [-0.25, -0.2) is 0 Å². The van der Waals surface area contributed by atoms with E-state index < -0.39 is 0 Å². The highest BCUT2D eigenvalue weighted by molar-refractivity contribution is 6.28. The number of nitrogens with zero attached hydrogens (tertiary/aromatic N) is 5. The lowest BCUT2D eigenvalue weighted by Gasteiger charge is -2.10. The van der Waals surface area contributed by atoms with E-state index in [-0.39, 0.29) is 0 Å². The third kappa shape index (κ3) is 4.26. The summed E-state index contributed by atoms with van der Waals surface area (Å²) < 4.78 is 4.76. The van der Waals surface area contributed by atoms with Crippen molar-refractivity contribution in [3.05, 3.63) is 176 Å². The van der Waals surface area contributed by atoms with Gasteiger partial charge in [0.1, 0.15) is 11.4 Å². The zero-order valence-electron chi connectivity index (χ0n) is 26.5. The summed E-state index contributed by atoms with van der Waals surface area (Å²) in [5, 5.41) is 15.0. The largest absolute Gasteiger partial charge is 0.309 e. The van der Waals surface area contributed by atoms with Crippen LogP contribution in [0.5, 0.6) is 0 Å². The molecule has 230 valence electrons. The SMILES string of the molecule is c1ccc(-c2nn(-c3ccc(-n4c5ccccc5c5c6c7ccccc7n(-c7ccccc7)c6ccc54)cc3)nc2-c2ccccc2)cc1. The van der Waals surface area contributed by atoms with Gasteiger partial charge in [-0.1, -0.05) is 115 Å². The molecule has 0 unspecified atom stereocenters. The summed E-state index contributed by atoms with van der Waals surface area (Å²) in [6.45, 7) is 0. The van der Waals surface area contributed by atoms with Crippen LogP contribution in [0, 0.1) is 0 Å². The molecule has 0 aliphatic heterocycles. The zero-order valence-corrected chi connectivity index (χ0v) is 26.5. The molecule has 0 aliphatic carbocycles. The minimum Gasteiger partial charge on any atom is -0.309 e. The number of rotatable bonds is 5. The second-order valence-electron chi connectivity index (χ2n) is 12.3. The lowest BCUT2D eigenvalue weighted by atomic mass is 10.1. The van der Waals surface area contributed by atoms with Gasteiger partial charge in [-0.15, -0.1) is 10.2 Å². The Labute approximate surface area is 282 Å². The smallest absolute Gasteiger partial charge is 0.121 e. The molecule has 0 spiro atoms. The van der Waals surface area contributed by atoms with Gasteiger partial charge >= 0.3 is 0 Å². The molecule has 7 aromatic carbocycles. The lowest BCUT2D eigenvalue weighted by molar-refractivity contribution is 0.755. The summed E-state index contributed by atoms with van der Waals surface area (Å²) in [6, 6.07) is 61.8. The van der Waals surface area contributed by atoms with Gasteiger partial charge < -0.3 is 9.13 Å². The molecule has 49 heavy (non-hydrogen) atoms. The van der Waals surface area contributed by atoms with Crippen molar-refractivity contribution in [2.75, 3.05) is 0 Å². The fourth-order valence-electron chi connectivity index (χ4n) is 7.39. The van der Waals surface area contributed by atoms with Crippen LogP contribution in [0.3, 0.4) is 0 Å². The van der Waals surface area contributed by atoms with Crippen LogP contribution >= 0.6 is 0 Å². The van der Waals surface area contributed by atoms with Crippen molar-refractivity contribution in [1.82, 2.24) is 24.1 Å². The van der Waals surface area contributed by atoms with Crippen molar-refractivity contribution in [1.29, 1.82) is 0 Å². The summed E-state index contributed by atoms with van der Waals surface area (Å²) in [7, 11) is 0. The van der Waals surface area contributed by atoms with E-state index in [0.717, 1.165) is 39.6 Å². The van der Waals surface area contributed by atoms with Crippen LogP contribution in [0.1, 0.15) is 0 Å². The van der Waals surface area contributed by atoms with E-state index in [9.17, 15) is 0 Å². The van der Waals surface area contributed by atoms with Crippen molar-refractivity contribution >= 4 is 43.6 Å². The van der Waals surface area contributed by atoms with Crippen LogP contribution in [-0.2, 0) is 0 Å². The molecule has 10 aromatic rings.